The van der Waals surface area contributed by atoms with Crippen LogP contribution in [-0.4, -0.2) is 22.6 Å². The fraction of sp³-hybridized carbons (Fsp3) is 0.154. The van der Waals surface area contributed by atoms with Crippen LogP contribution in [0.5, 0.6) is 0 Å². The average molecular weight is 242 g/mol. The number of aromatic nitrogens is 2. The smallest absolute Gasteiger partial charge is 0.256 e. The fourth-order valence-electron chi connectivity index (χ4n) is 1.50. The predicted molar refractivity (Wildman–Crippen MR) is 70.6 cm³/mol. The molecule has 0 unspecified atom stereocenters. The second-order valence-corrected chi connectivity index (χ2v) is 3.67. The zero-order chi connectivity index (χ0) is 12.8. The minimum absolute atomic E-state index is 0.196. The van der Waals surface area contributed by atoms with E-state index in [0.717, 1.165) is 12.2 Å². The van der Waals surface area contributed by atoms with Gasteiger partial charge in [0, 0.05) is 24.0 Å². The van der Waals surface area contributed by atoms with Gasteiger partial charge >= 0.3 is 0 Å². The number of anilines is 2. The molecule has 1 aromatic heterocycles. The van der Waals surface area contributed by atoms with Gasteiger partial charge in [0.05, 0.1) is 0 Å². The van der Waals surface area contributed by atoms with Gasteiger partial charge < -0.3 is 10.6 Å². The van der Waals surface area contributed by atoms with Gasteiger partial charge in [-0.05, 0) is 43.3 Å². The first-order chi connectivity index (χ1) is 8.79. The van der Waals surface area contributed by atoms with E-state index in [1.165, 1.54) is 0 Å². The van der Waals surface area contributed by atoms with Crippen molar-refractivity contribution >= 4 is 17.4 Å². The summed E-state index contributed by atoms with van der Waals surface area (Å²) in [5.41, 5.74) is 1.58. The molecular weight excluding hydrogens is 228 g/mol. The van der Waals surface area contributed by atoms with Gasteiger partial charge in [-0.15, -0.1) is 5.10 Å². The molecule has 0 radical (unpaired) electrons. The lowest BCUT2D eigenvalue weighted by molar-refractivity contribution is 0.102. The lowest BCUT2D eigenvalue weighted by Crippen LogP contribution is -2.13. The molecule has 92 valence electrons. The molecule has 5 heteroatoms. The summed E-state index contributed by atoms with van der Waals surface area (Å²) in [6, 6.07) is 10.7. The van der Waals surface area contributed by atoms with Crippen molar-refractivity contribution < 1.29 is 4.79 Å². The Balaban J connectivity index is 2.05. The third-order valence-electron chi connectivity index (χ3n) is 2.34. The Kier molecular flexibility index (Phi) is 3.86. The van der Waals surface area contributed by atoms with Crippen molar-refractivity contribution in [3.8, 4) is 0 Å². The highest BCUT2D eigenvalue weighted by atomic mass is 16.1. The number of hydrogen-bond acceptors (Lipinski definition) is 4. The number of hydrogen-bond donors (Lipinski definition) is 2. The maximum absolute atomic E-state index is 11.9. The number of nitrogens with zero attached hydrogens (tertiary/aromatic N) is 2. The molecule has 0 aliphatic heterocycles. The van der Waals surface area contributed by atoms with Crippen molar-refractivity contribution in [2.75, 3.05) is 17.2 Å². The summed E-state index contributed by atoms with van der Waals surface area (Å²) in [4.78, 5) is 11.9. The summed E-state index contributed by atoms with van der Waals surface area (Å²) in [6.45, 7) is 2.87. The molecule has 0 saturated carbocycles. The summed E-state index contributed by atoms with van der Waals surface area (Å²) in [5.74, 6) is 0.247. The van der Waals surface area contributed by atoms with Gasteiger partial charge in [0.25, 0.3) is 5.91 Å². The Bertz CT molecular complexity index is 510. The van der Waals surface area contributed by atoms with Crippen LogP contribution < -0.4 is 10.6 Å². The van der Waals surface area contributed by atoms with Gasteiger partial charge in [0.1, 0.15) is 0 Å². The number of rotatable bonds is 4. The van der Waals surface area contributed by atoms with Gasteiger partial charge in [0.2, 0.25) is 0 Å². The molecule has 0 spiro atoms. The number of carbonyl (C=O) groups excluding carboxylic acids is 1. The first-order valence-electron chi connectivity index (χ1n) is 5.72. The minimum atomic E-state index is -0.196. The third-order valence-corrected chi connectivity index (χ3v) is 2.34. The molecule has 18 heavy (non-hydrogen) atoms. The largest absolute Gasteiger partial charge is 0.385 e. The molecule has 0 saturated heterocycles. The summed E-state index contributed by atoms with van der Waals surface area (Å²) < 4.78 is 0. The normalized spacial score (nSPS) is 9.83. The van der Waals surface area contributed by atoms with Gasteiger partial charge in [-0.2, -0.15) is 5.10 Å². The second kappa shape index (κ2) is 5.77. The quantitative estimate of drug-likeness (QED) is 0.862. The van der Waals surface area contributed by atoms with Crippen molar-refractivity contribution in [2.24, 2.45) is 0 Å². The Hall–Kier alpha value is -2.43. The Labute approximate surface area is 105 Å². The zero-order valence-corrected chi connectivity index (χ0v) is 10.1. The number of benzene rings is 1. The highest BCUT2D eigenvalue weighted by Gasteiger charge is 2.06. The van der Waals surface area contributed by atoms with Crippen LogP contribution in [0.1, 0.15) is 17.3 Å². The van der Waals surface area contributed by atoms with Gasteiger partial charge in [0.15, 0.2) is 5.82 Å². The zero-order valence-electron chi connectivity index (χ0n) is 10.1. The Morgan fingerprint density at radius 3 is 2.61 bits per heavy atom. The monoisotopic (exact) mass is 242 g/mol. The molecule has 0 bridgehead atoms. The van der Waals surface area contributed by atoms with Crippen LogP contribution >= 0.6 is 0 Å². The van der Waals surface area contributed by atoms with Crippen LogP contribution in [0.15, 0.2) is 42.6 Å². The first kappa shape index (κ1) is 12.0. The van der Waals surface area contributed by atoms with Crippen molar-refractivity contribution in [1.82, 2.24) is 10.2 Å². The SMILES string of the molecule is CCNc1ccc(C(=O)Nc2cccnn2)cc1. The molecular formula is C13H14N4O. The van der Waals surface area contributed by atoms with Crippen molar-refractivity contribution in [2.45, 2.75) is 6.92 Å². The van der Waals surface area contributed by atoms with Crippen LogP contribution in [0.25, 0.3) is 0 Å². The van der Waals surface area contributed by atoms with E-state index in [9.17, 15) is 4.79 Å². The van der Waals surface area contributed by atoms with Crippen LogP contribution in [0, 0.1) is 0 Å². The molecule has 1 heterocycles. The Morgan fingerprint density at radius 1 is 1.22 bits per heavy atom. The van der Waals surface area contributed by atoms with Crippen LogP contribution in [-0.2, 0) is 0 Å². The summed E-state index contributed by atoms with van der Waals surface area (Å²) >= 11 is 0. The van der Waals surface area contributed by atoms with Gasteiger partial charge in [-0.25, -0.2) is 0 Å². The predicted octanol–water partition coefficient (Wildman–Crippen LogP) is 2.16. The van der Waals surface area contributed by atoms with Crippen molar-refractivity contribution in [3.05, 3.63) is 48.2 Å². The molecule has 0 aliphatic carbocycles. The highest BCUT2D eigenvalue weighted by Crippen LogP contribution is 2.10. The lowest BCUT2D eigenvalue weighted by atomic mass is 10.2. The topological polar surface area (TPSA) is 66.9 Å². The van der Waals surface area contributed by atoms with Crippen molar-refractivity contribution in [1.29, 1.82) is 0 Å². The van der Waals surface area contributed by atoms with Crippen molar-refractivity contribution in [3.63, 3.8) is 0 Å². The molecule has 2 aromatic rings. The number of amides is 1. The Morgan fingerprint density at radius 2 is 2.00 bits per heavy atom. The standard InChI is InChI=1S/C13H14N4O/c1-2-14-11-7-5-10(6-8-11)13(18)16-12-4-3-9-15-17-12/h3-9,14H,2H2,1H3,(H,16,17,18). The van der Waals surface area contributed by atoms with E-state index >= 15 is 0 Å². The van der Waals surface area contributed by atoms with E-state index < -0.39 is 0 Å². The van der Waals surface area contributed by atoms with Crippen LogP contribution in [0.3, 0.4) is 0 Å². The first-order valence-corrected chi connectivity index (χ1v) is 5.72. The van der Waals surface area contributed by atoms with E-state index in [2.05, 4.69) is 20.8 Å². The highest BCUT2D eigenvalue weighted by molar-refractivity contribution is 6.03. The van der Waals surface area contributed by atoms with E-state index in [1.54, 1.807) is 30.5 Å². The third kappa shape index (κ3) is 3.04. The molecule has 1 aromatic carbocycles. The summed E-state index contributed by atoms with van der Waals surface area (Å²) in [6.07, 6.45) is 1.56. The van der Waals surface area contributed by atoms with Gasteiger partial charge in [-0.3, -0.25) is 4.79 Å². The van der Waals surface area contributed by atoms with Crippen LogP contribution in [0.4, 0.5) is 11.5 Å². The molecule has 2 N–H and O–H groups in total. The molecule has 2 rings (SSSR count). The minimum Gasteiger partial charge on any atom is -0.385 e. The fourth-order valence-corrected chi connectivity index (χ4v) is 1.50. The summed E-state index contributed by atoms with van der Waals surface area (Å²) in [5, 5.41) is 13.3. The maximum atomic E-state index is 11.9. The molecule has 5 nitrogen and oxygen atoms in total. The number of carbonyl (C=O) groups is 1. The van der Waals surface area contributed by atoms with E-state index in [0.29, 0.717) is 11.4 Å². The molecule has 1 amide bonds. The van der Waals surface area contributed by atoms with Gasteiger partial charge in [-0.1, -0.05) is 0 Å². The summed E-state index contributed by atoms with van der Waals surface area (Å²) in [7, 11) is 0. The molecule has 0 aliphatic rings. The molecule has 0 atom stereocenters. The number of nitrogens with one attached hydrogen (secondary N) is 2. The van der Waals surface area contributed by atoms with Crippen LogP contribution in [0.2, 0.25) is 0 Å². The lowest BCUT2D eigenvalue weighted by Gasteiger charge is -2.05. The average Bonchev–Trinajstić information content (AvgIpc) is 2.41. The van der Waals surface area contributed by atoms with E-state index in [1.807, 2.05) is 19.1 Å². The molecule has 0 fully saturated rings. The van der Waals surface area contributed by atoms with E-state index in [-0.39, 0.29) is 5.91 Å². The van der Waals surface area contributed by atoms with E-state index in [4.69, 9.17) is 0 Å². The second-order valence-electron chi connectivity index (χ2n) is 3.67. The maximum Gasteiger partial charge on any atom is 0.256 e.